The van der Waals surface area contributed by atoms with E-state index < -0.39 is 5.41 Å². The van der Waals surface area contributed by atoms with Crippen LogP contribution in [-0.2, 0) is 4.79 Å². The minimum Gasteiger partial charge on any atom is -0.342 e. The first-order valence-corrected chi connectivity index (χ1v) is 10.3. The van der Waals surface area contributed by atoms with Crippen molar-refractivity contribution < 1.29 is 9.59 Å². The molecule has 1 aromatic rings. The Morgan fingerprint density at radius 1 is 1.16 bits per heavy atom. The minimum absolute atomic E-state index is 0.0918. The van der Waals surface area contributed by atoms with Crippen molar-refractivity contribution >= 4 is 23.2 Å². The number of carbonyl (C=O) groups is 2. The van der Waals surface area contributed by atoms with Crippen molar-refractivity contribution in [2.45, 2.75) is 32.7 Å². The van der Waals surface area contributed by atoms with Crippen LogP contribution in [0.4, 0.5) is 0 Å². The van der Waals surface area contributed by atoms with Crippen LogP contribution in [0, 0.1) is 11.3 Å². The molecule has 5 nitrogen and oxygen atoms in total. The van der Waals surface area contributed by atoms with E-state index in [9.17, 15) is 9.59 Å². The third kappa shape index (κ3) is 2.79. The van der Waals surface area contributed by atoms with E-state index in [-0.39, 0.29) is 11.8 Å². The van der Waals surface area contributed by atoms with Gasteiger partial charge in [-0.15, -0.1) is 11.3 Å². The van der Waals surface area contributed by atoms with E-state index >= 15 is 0 Å². The van der Waals surface area contributed by atoms with Crippen molar-refractivity contribution in [2.75, 3.05) is 39.3 Å². The van der Waals surface area contributed by atoms with E-state index in [1.54, 1.807) is 0 Å². The summed E-state index contributed by atoms with van der Waals surface area (Å²) in [6.07, 6.45) is 2.22. The summed E-state index contributed by atoms with van der Waals surface area (Å²) in [5, 5.41) is 1.94. The van der Waals surface area contributed by atoms with Crippen LogP contribution in [0.25, 0.3) is 0 Å². The summed E-state index contributed by atoms with van der Waals surface area (Å²) < 4.78 is 0. The summed E-state index contributed by atoms with van der Waals surface area (Å²) in [6.45, 7) is 9.16. The molecule has 2 amide bonds. The second-order valence-corrected chi connectivity index (χ2v) is 8.99. The van der Waals surface area contributed by atoms with Gasteiger partial charge in [-0.1, -0.05) is 6.07 Å². The molecule has 3 fully saturated rings. The molecule has 1 aromatic heterocycles. The fourth-order valence-corrected chi connectivity index (χ4v) is 5.44. The summed E-state index contributed by atoms with van der Waals surface area (Å²) in [6, 6.07) is 4.24. The lowest BCUT2D eigenvalue weighted by atomic mass is 9.79. The largest absolute Gasteiger partial charge is 0.342 e. The Balaban J connectivity index is 1.59. The van der Waals surface area contributed by atoms with Gasteiger partial charge in [0.25, 0.3) is 5.91 Å². The zero-order valence-electron chi connectivity index (χ0n) is 15.1. The molecule has 3 aliphatic heterocycles. The van der Waals surface area contributed by atoms with E-state index in [4.69, 9.17) is 0 Å². The Morgan fingerprint density at radius 3 is 2.56 bits per heavy atom. The van der Waals surface area contributed by atoms with Crippen molar-refractivity contribution in [1.82, 2.24) is 14.7 Å². The van der Waals surface area contributed by atoms with Crippen LogP contribution >= 0.6 is 11.3 Å². The van der Waals surface area contributed by atoms with E-state index in [0.717, 1.165) is 43.9 Å². The fourth-order valence-electron chi connectivity index (χ4n) is 4.75. The number of fused-ring (bicyclic) bond motifs is 1. The highest BCUT2D eigenvalue weighted by Crippen LogP contribution is 2.45. The summed E-state index contributed by atoms with van der Waals surface area (Å²) in [5.41, 5.74) is -0.401. The number of thiophene rings is 1. The number of amides is 2. The lowest BCUT2D eigenvalue weighted by Crippen LogP contribution is -2.49. The zero-order valence-corrected chi connectivity index (χ0v) is 15.9. The third-order valence-electron chi connectivity index (χ3n) is 6.20. The first-order chi connectivity index (χ1) is 12.0. The molecule has 0 aromatic carbocycles. The molecule has 2 atom stereocenters. The van der Waals surface area contributed by atoms with Gasteiger partial charge < -0.3 is 9.80 Å². The highest BCUT2D eigenvalue weighted by molar-refractivity contribution is 7.12. The van der Waals surface area contributed by atoms with Crippen molar-refractivity contribution in [3.8, 4) is 0 Å². The smallest absolute Gasteiger partial charge is 0.263 e. The standard InChI is InChI=1S/C19H27N3O2S/c1-14(2)21-10-15-11-22(17(23)16-6-5-9-25-16)13-19(15,12-21)18(24)20-7-3-4-8-20/h5-6,9,14-15H,3-4,7-8,10-13H2,1-2H3/t15-,19-/m0/s1. The van der Waals surface area contributed by atoms with Crippen LogP contribution in [0.15, 0.2) is 17.5 Å². The van der Waals surface area contributed by atoms with Crippen LogP contribution in [0.2, 0.25) is 0 Å². The summed E-state index contributed by atoms with van der Waals surface area (Å²) in [4.78, 5) is 33.5. The summed E-state index contributed by atoms with van der Waals surface area (Å²) in [5.74, 6) is 0.639. The molecule has 3 saturated heterocycles. The summed E-state index contributed by atoms with van der Waals surface area (Å²) in [7, 11) is 0. The molecule has 0 unspecified atom stereocenters. The van der Waals surface area contributed by atoms with Crippen molar-refractivity contribution in [3.63, 3.8) is 0 Å². The lowest BCUT2D eigenvalue weighted by Gasteiger charge is -2.33. The van der Waals surface area contributed by atoms with Gasteiger partial charge in [0.2, 0.25) is 5.91 Å². The molecule has 0 N–H and O–H groups in total. The first kappa shape index (κ1) is 17.0. The van der Waals surface area contributed by atoms with Gasteiger partial charge in [-0.2, -0.15) is 0 Å². The number of hydrogen-bond acceptors (Lipinski definition) is 4. The van der Waals surface area contributed by atoms with Crippen LogP contribution in [0.5, 0.6) is 0 Å². The number of hydrogen-bond donors (Lipinski definition) is 0. The van der Waals surface area contributed by atoms with Gasteiger partial charge in [0, 0.05) is 51.2 Å². The predicted molar refractivity (Wildman–Crippen MR) is 98.7 cm³/mol. The zero-order chi connectivity index (χ0) is 17.6. The monoisotopic (exact) mass is 361 g/mol. The molecular weight excluding hydrogens is 334 g/mol. The van der Waals surface area contributed by atoms with Gasteiger partial charge in [0.1, 0.15) is 0 Å². The molecule has 0 radical (unpaired) electrons. The highest BCUT2D eigenvalue weighted by atomic mass is 32.1. The minimum atomic E-state index is -0.401. The maximum Gasteiger partial charge on any atom is 0.263 e. The Kier molecular flexibility index (Phi) is 4.36. The van der Waals surface area contributed by atoms with Crippen LogP contribution in [-0.4, -0.2) is 71.8 Å². The Labute approximate surface area is 153 Å². The second-order valence-electron chi connectivity index (χ2n) is 8.04. The van der Waals surface area contributed by atoms with Gasteiger partial charge in [-0.05, 0) is 38.1 Å². The number of nitrogens with zero attached hydrogens (tertiary/aromatic N) is 3. The summed E-state index contributed by atoms with van der Waals surface area (Å²) >= 11 is 1.49. The Hall–Kier alpha value is -1.40. The predicted octanol–water partition coefficient (Wildman–Crippen LogP) is 2.15. The average molecular weight is 362 g/mol. The Bertz CT molecular complexity index is 654. The van der Waals surface area contributed by atoms with E-state index in [1.807, 2.05) is 22.4 Å². The molecule has 0 aliphatic carbocycles. The maximum absolute atomic E-state index is 13.4. The molecule has 4 heterocycles. The van der Waals surface area contributed by atoms with E-state index in [1.165, 1.54) is 11.3 Å². The van der Waals surface area contributed by atoms with Crippen LogP contribution in [0.3, 0.4) is 0 Å². The molecule has 0 spiro atoms. The second kappa shape index (κ2) is 6.40. The number of rotatable bonds is 3. The van der Waals surface area contributed by atoms with Crippen LogP contribution in [0.1, 0.15) is 36.4 Å². The van der Waals surface area contributed by atoms with Crippen LogP contribution < -0.4 is 0 Å². The lowest BCUT2D eigenvalue weighted by molar-refractivity contribution is -0.141. The van der Waals surface area contributed by atoms with Crippen molar-refractivity contribution in [2.24, 2.45) is 11.3 Å². The fraction of sp³-hybridized carbons (Fsp3) is 0.684. The molecule has 0 bridgehead atoms. The molecule has 6 heteroatoms. The van der Waals surface area contributed by atoms with E-state index in [0.29, 0.717) is 25.0 Å². The van der Waals surface area contributed by atoms with Crippen molar-refractivity contribution in [1.29, 1.82) is 0 Å². The number of likely N-dealkylation sites (tertiary alicyclic amines) is 3. The highest BCUT2D eigenvalue weighted by Gasteiger charge is 2.59. The van der Waals surface area contributed by atoms with Crippen molar-refractivity contribution in [3.05, 3.63) is 22.4 Å². The van der Waals surface area contributed by atoms with E-state index in [2.05, 4.69) is 23.6 Å². The third-order valence-corrected chi connectivity index (χ3v) is 7.06. The molecule has 25 heavy (non-hydrogen) atoms. The SMILES string of the molecule is CC(C)N1C[C@H]2CN(C(=O)c3cccs3)C[C@@]2(C(=O)N2CCCC2)C1. The van der Waals surface area contributed by atoms with Gasteiger partial charge in [-0.3, -0.25) is 14.5 Å². The molecule has 3 aliphatic rings. The molecule has 4 rings (SSSR count). The quantitative estimate of drug-likeness (QED) is 0.829. The number of carbonyl (C=O) groups excluding carboxylic acids is 2. The molecular formula is C19H27N3O2S. The Morgan fingerprint density at radius 2 is 1.92 bits per heavy atom. The van der Waals surface area contributed by atoms with Gasteiger partial charge >= 0.3 is 0 Å². The molecule has 0 saturated carbocycles. The van der Waals surface area contributed by atoms with Gasteiger partial charge in [-0.25, -0.2) is 0 Å². The topological polar surface area (TPSA) is 43.9 Å². The first-order valence-electron chi connectivity index (χ1n) is 9.37. The molecule has 136 valence electrons. The maximum atomic E-state index is 13.4. The average Bonchev–Trinajstić information content (AvgIpc) is 3.36. The normalized spacial score (nSPS) is 29.6. The van der Waals surface area contributed by atoms with Gasteiger partial charge in [0.05, 0.1) is 10.3 Å². The van der Waals surface area contributed by atoms with Gasteiger partial charge in [0.15, 0.2) is 0 Å².